The van der Waals surface area contributed by atoms with E-state index in [1.807, 2.05) is 30.3 Å². The lowest BCUT2D eigenvalue weighted by atomic mass is 10.0. The van der Waals surface area contributed by atoms with Crippen molar-refractivity contribution >= 4 is 23.3 Å². The third kappa shape index (κ3) is 1.93. The van der Waals surface area contributed by atoms with E-state index in [9.17, 15) is 9.59 Å². The van der Waals surface area contributed by atoms with Crippen LogP contribution in [0.4, 0.5) is 11.5 Å². The summed E-state index contributed by atoms with van der Waals surface area (Å²) < 4.78 is 0. The van der Waals surface area contributed by atoms with E-state index in [2.05, 4.69) is 10.3 Å². The van der Waals surface area contributed by atoms with Crippen LogP contribution in [0.2, 0.25) is 0 Å². The first-order chi connectivity index (χ1) is 9.68. The predicted octanol–water partition coefficient (Wildman–Crippen LogP) is 2.13. The smallest absolute Gasteiger partial charge is 0.252 e. The summed E-state index contributed by atoms with van der Waals surface area (Å²) >= 11 is 0. The fourth-order valence-corrected chi connectivity index (χ4v) is 2.39. The Labute approximate surface area is 116 Å². The van der Waals surface area contributed by atoms with Crippen LogP contribution in [0, 0.1) is 0 Å². The molecule has 0 bridgehead atoms. The number of aromatic nitrogens is 1. The monoisotopic (exact) mass is 267 g/mol. The topological polar surface area (TPSA) is 62.3 Å². The largest absolute Gasteiger partial charge is 0.321 e. The molecule has 5 heteroatoms. The van der Waals surface area contributed by atoms with E-state index in [4.69, 9.17) is 0 Å². The summed E-state index contributed by atoms with van der Waals surface area (Å²) in [5.41, 5.74) is 1.32. The maximum absolute atomic E-state index is 12.3. The van der Waals surface area contributed by atoms with Crippen molar-refractivity contribution in [2.24, 2.45) is 0 Å². The first-order valence-corrected chi connectivity index (χ1v) is 6.29. The predicted molar refractivity (Wildman–Crippen MR) is 75.2 cm³/mol. The summed E-state index contributed by atoms with van der Waals surface area (Å²) in [4.78, 5) is 30.0. The average Bonchev–Trinajstić information content (AvgIpc) is 2.46. The summed E-state index contributed by atoms with van der Waals surface area (Å²) in [7, 11) is 0. The molecule has 2 aromatic rings. The zero-order valence-electron chi connectivity index (χ0n) is 10.9. The van der Waals surface area contributed by atoms with Crippen molar-refractivity contribution in [3.05, 3.63) is 54.2 Å². The molecule has 2 amide bonds. The number of hydrogen-bond donors (Lipinski definition) is 1. The van der Waals surface area contributed by atoms with Crippen molar-refractivity contribution in [1.82, 2.24) is 4.98 Å². The quantitative estimate of drug-likeness (QED) is 0.861. The number of nitrogens with one attached hydrogen (secondary N) is 1. The van der Waals surface area contributed by atoms with Crippen LogP contribution in [0.5, 0.6) is 0 Å². The lowest BCUT2D eigenvalue weighted by Crippen LogP contribution is -2.44. The zero-order valence-corrected chi connectivity index (χ0v) is 10.9. The summed E-state index contributed by atoms with van der Waals surface area (Å²) in [5, 5.41) is 2.80. The molecular formula is C15H13N3O2. The van der Waals surface area contributed by atoms with E-state index in [-0.39, 0.29) is 11.8 Å². The molecule has 1 atom stereocenters. The SMILES string of the molecule is CC(=O)N1c2ncccc2NC(=O)C1c1ccccc1. The van der Waals surface area contributed by atoms with Gasteiger partial charge in [-0.15, -0.1) is 0 Å². The van der Waals surface area contributed by atoms with Gasteiger partial charge in [0.05, 0.1) is 5.69 Å². The summed E-state index contributed by atoms with van der Waals surface area (Å²) in [6.07, 6.45) is 1.61. The van der Waals surface area contributed by atoms with Crippen molar-refractivity contribution in [2.45, 2.75) is 13.0 Å². The summed E-state index contributed by atoms with van der Waals surface area (Å²) in [6.45, 7) is 1.44. The van der Waals surface area contributed by atoms with E-state index in [0.29, 0.717) is 11.5 Å². The van der Waals surface area contributed by atoms with Gasteiger partial charge in [-0.3, -0.25) is 14.5 Å². The first-order valence-electron chi connectivity index (χ1n) is 6.29. The van der Waals surface area contributed by atoms with Gasteiger partial charge in [0.25, 0.3) is 5.91 Å². The third-order valence-electron chi connectivity index (χ3n) is 3.23. The van der Waals surface area contributed by atoms with Gasteiger partial charge < -0.3 is 5.32 Å². The molecule has 1 unspecified atom stereocenters. The minimum absolute atomic E-state index is 0.214. The molecule has 2 heterocycles. The molecule has 0 spiro atoms. The maximum atomic E-state index is 12.3. The molecule has 100 valence electrons. The lowest BCUT2D eigenvalue weighted by Gasteiger charge is -2.34. The van der Waals surface area contributed by atoms with Crippen molar-refractivity contribution < 1.29 is 9.59 Å². The Morgan fingerprint density at radius 3 is 2.65 bits per heavy atom. The van der Waals surface area contributed by atoms with Gasteiger partial charge in [-0.05, 0) is 17.7 Å². The number of benzene rings is 1. The molecule has 0 radical (unpaired) electrons. The van der Waals surface area contributed by atoms with Gasteiger partial charge in [0, 0.05) is 13.1 Å². The Balaban J connectivity index is 2.15. The summed E-state index contributed by atoms with van der Waals surface area (Å²) in [5.74, 6) is 0.0361. The first kappa shape index (κ1) is 12.3. The Kier molecular flexibility index (Phi) is 2.95. The number of nitrogens with zero attached hydrogens (tertiary/aromatic N) is 2. The molecule has 1 aliphatic rings. The average molecular weight is 267 g/mol. The maximum Gasteiger partial charge on any atom is 0.252 e. The molecule has 1 N–H and O–H groups in total. The number of anilines is 2. The molecule has 1 aromatic heterocycles. The van der Waals surface area contributed by atoms with Gasteiger partial charge in [-0.2, -0.15) is 0 Å². The highest BCUT2D eigenvalue weighted by molar-refractivity contribution is 6.10. The van der Waals surface area contributed by atoms with Crippen LogP contribution >= 0.6 is 0 Å². The fraction of sp³-hybridized carbons (Fsp3) is 0.133. The highest BCUT2D eigenvalue weighted by Gasteiger charge is 2.37. The Morgan fingerprint density at radius 1 is 1.20 bits per heavy atom. The number of rotatable bonds is 1. The number of amides is 2. The minimum atomic E-state index is -0.684. The molecule has 0 fully saturated rings. The van der Waals surface area contributed by atoms with Crippen LogP contribution < -0.4 is 10.2 Å². The standard InChI is InChI=1S/C15H13N3O2/c1-10(19)18-13(11-6-3-2-4-7-11)15(20)17-12-8-5-9-16-14(12)18/h2-9,13H,1H3,(H,17,20). The molecule has 0 saturated heterocycles. The van der Waals surface area contributed by atoms with Crippen LogP contribution in [0.1, 0.15) is 18.5 Å². The molecule has 3 rings (SSSR count). The Morgan fingerprint density at radius 2 is 1.95 bits per heavy atom. The van der Waals surface area contributed by atoms with Crippen molar-refractivity contribution in [3.63, 3.8) is 0 Å². The van der Waals surface area contributed by atoms with E-state index in [0.717, 1.165) is 5.56 Å². The van der Waals surface area contributed by atoms with Crippen LogP contribution in [0.15, 0.2) is 48.7 Å². The highest BCUT2D eigenvalue weighted by Crippen LogP contribution is 2.36. The molecular weight excluding hydrogens is 254 g/mol. The number of pyridine rings is 1. The minimum Gasteiger partial charge on any atom is -0.321 e. The fourth-order valence-electron chi connectivity index (χ4n) is 2.39. The molecule has 0 saturated carbocycles. The third-order valence-corrected chi connectivity index (χ3v) is 3.23. The van der Waals surface area contributed by atoms with E-state index < -0.39 is 6.04 Å². The molecule has 0 aliphatic carbocycles. The van der Waals surface area contributed by atoms with E-state index >= 15 is 0 Å². The second kappa shape index (κ2) is 4.77. The van der Waals surface area contributed by atoms with Gasteiger partial charge in [0.1, 0.15) is 6.04 Å². The van der Waals surface area contributed by atoms with Gasteiger partial charge >= 0.3 is 0 Å². The Hall–Kier alpha value is -2.69. The van der Waals surface area contributed by atoms with E-state index in [1.54, 1.807) is 18.3 Å². The number of carbonyl (C=O) groups excluding carboxylic acids is 2. The van der Waals surface area contributed by atoms with Gasteiger partial charge in [0.2, 0.25) is 5.91 Å². The normalized spacial score (nSPS) is 17.4. The molecule has 1 aromatic carbocycles. The summed E-state index contributed by atoms with van der Waals surface area (Å²) in [6, 6.07) is 12.0. The van der Waals surface area contributed by atoms with Crippen molar-refractivity contribution in [3.8, 4) is 0 Å². The Bertz CT molecular complexity index is 670. The molecule has 5 nitrogen and oxygen atoms in total. The van der Waals surface area contributed by atoms with Crippen LogP contribution in [0.3, 0.4) is 0 Å². The van der Waals surface area contributed by atoms with Crippen molar-refractivity contribution in [1.29, 1.82) is 0 Å². The highest BCUT2D eigenvalue weighted by atomic mass is 16.2. The second-order valence-electron chi connectivity index (χ2n) is 4.57. The van der Waals surface area contributed by atoms with Gasteiger partial charge in [-0.1, -0.05) is 30.3 Å². The second-order valence-corrected chi connectivity index (χ2v) is 4.57. The number of fused-ring (bicyclic) bond motifs is 1. The molecule has 1 aliphatic heterocycles. The lowest BCUT2D eigenvalue weighted by molar-refractivity contribution is -0.123. The number of hydrogen-bond acceptors (Lipinski definition) is 3. The van der Waals surface area contributed by atoms with E-state index in [1.165, 1.54) is 11.8 Å². The van der Waals surface area contributed by atoms with Gasteiger partial charge in [-0.25, -0.2) is 4.98 Å². The van der Waals surface area contributed by atoms with Crippen LogP contribution in [-0.2, 0) is 9.59 Å². The van der Waals surface area contributed by atoms with Crippen LogP contribution in [-0.4, -0.2) is 16.8 Å². The van der Waals surface area contributed by atoms with Crippen LogP contribution in [0.25, 0.3) is 0 Å². The molecule has 20 heavy (non-hydrogen) atoms. The van der Waals surface area contributed by atoms with Crippen molar-refractivity contribution in [2.75, 3.05) is 10.2 Å². The zero-order chi connectivity index (χ0) is 14.1. The number of carbonyl (C=O) groups is 2. The van der Waals surface area contributed by atoms with Gasteiger partial charge in [0.15, 0.2) is 5.82 Å².